The summed E-state index contributed by atoms with van der Waals surface area (Å²) in [6.07, 6.45) is 2.85. The monoisotopic (exact) mass is 354 g/mol. The highest BCUT2D eigenvalue weighted by Crippen LogP contribution is 2.21. The first-order valence-electron chi connectivity index (χ1n) is 7.96. The predicted octanol–water partition coefficient (Wildman–Crippen LogP) is 3.29. The van der Waals surface area contributed by atoms with Gasteiger partial charge in [0.1, 0.15) is 0 Å². The molecule has 0 saturated carbocycles. The lowest BCUT2D eigenvalue weighted by atomic mass is 10.1. The van der Waals surface area contributed by atoms with Gasteiger partial charge in [0.25, 0.3) is 0 Å². The van der Waals surface area contributed by atoms with E-state index in [4.69, 9.17) is 0 Å². The normalized spacial score (nSPS) is 23.0. The molecule has 1 fully saturated rings. The van der Waals surface area contributed by atoms with Gasteiger partial charge in [-0.3, -0.25) is 4.90 Å². The number of hydrogen-bond donors (Lipinski definition) is 1. The summed E-state index contributed by atoms with van der Waals surface area (Å²) in [6, 6.07) is 8.61. The molecule has 21 heavy (non-hydrogen) atoms. The van der Waals surface area contributed by atoms with Crippen molar-refractivity contribution in [3.63, 3.8) is 0 Å². The van der Waals surface area contributed by atoms with Gasteiger partial charge in [-0.1, -0.05) is 35.0 Å². The van der Waals surface area contributed by atoms with Gasteiger partial charge in [-0.2, -0.15) is 0 Å². The second-order valence-electron chi connectivity index (χ2n) is 6.07. The molecule has 4 heteroatoms. The Morgan fingerprint density at radius 3 is 2.67 bits per heavy atom. The molecule has 0 bridgehead atoms. The smallest absolute Gasteiger partial charge is 0.0802 e. The largest absolute Gasteiger partial charge is 0.388 e. The lowest BCUT2D eigenvalue weighted by Crippen LogP contribution is -2.40. The summed E-state index contributed by atoms with van der Waals surface area (Å²) < 4.78 is 1.06. The molecule has 2 unspecified atom stereocenters. The summed E-state index contributed by atoms with van der Waals surface area (Å²) in [5.41, 5.74) is 1.01. The third kappa shape index (κ3) is 5.06. The Kier molecular flexibility index (Phi) is 6.68. The molecule has 0 radical (unpaired) electrons. The van der Waals surface area contributed by atoms with Crippen molar-refractivity contribution in [2.24, 2.45) is 0 Å². The van der Waals surface area contributed by atoms with E-state index >= 15 is 0 Å². The molecule has 0 spiro atoms. The molecule has 1 aliphatic heterocycles. The van der Waals surface area contributed by atoms with Crippen LogP contribution in [0.15, 0.2) is 28.7 Å². The minimum atomic E-state index is -0.364. The first kappa shape index (κ1) is 16.9. The molecule has 1 aliphatic rings. The van der Waals surface area contributed by atoms with E-state index < -0.39 is 0 Å². The van der Waals surface area contributed by atoms with E-state index in [1.165, 1.54) is 19.4 Å². The van der Waals surface area contributed by atoms with Gasteiger partial charge in [0.15, 0.2) is 0 Å². The molecule has 2 rings (SSSR count). The zero-order valence-electron chi connectivity index (χ0n) is 13.1. The Morgan fingerprint density at radius 2 is 2.00 bits per heavy atom. The second-order valence-corrected chi connectivity index (χ2v) is 6.99. The number of halogens is 1. The minimum absolute atomic E-state index is 0.364. The second kappa shape index (κ2) is 8.28. The molecule has 1 heterocycles. The maximum atomic E-state index is 10.4. The summed E-state index contributed by atoms with van der Waals surface area (Å²) in [5.74, 6) is 0. The highest BCUT2D eigenvalue weighted by molar-refractivity contribution is 9.10. The Morgan fingerprint density at radius 1 is 1.29 bits per heavy atom. The number of aliphatic hydroxyl groups excluding tert-OH is 1. The van der Waals surface area contributed by atoms with Gasteiger partial charge in [0.05, 0.1) is 6.10 Å². The fourth-order valence-electron chi connectivity index (χ4n) is 3.11. The maximum Gasteiger partial charge on any atom is 0.0802 e. The third-order valence-electron chi connectivity index (χ3n) is 4.44. The van der Waals surface area contributed by atoms with Crippen molar-refractivity contribution in [1.29, 1.82) is 0 Å². The molecular weight excluding hydrogens is 328 g/mol. The number of benzene rings is 1. The van der Waals surface area contributed by atoms with E-state index in [0.29, 0.717) is 6.04 Å². The van der Waals surface area contributed by atoms with Gasteiger partial charge in [0.2, 0.25) is 0 Å². The third-order valence-corrected chi connectivity index (χ3v) is 4.97. The number of hydrogen-bond acceptors (Lipinski definition) is 3. The molecule has 0 aromatic heterocycles. The Balaban J connectivity index is 1.89. The molecule has 118 valence electrons. The van der Waals surface area contributed by atoms with Gasteiger partial charge in [-0.15, -0.1) is 0 Å². The fraction of sp³-hybridized carbons (Fsp3) is 0.647. The SMILES string of the molecule is CCC1CN(C)CCCN1CCC(O)c1ccc(Br)cc1. The maximum absolute atomic E-state index is 10.4. The number of nitrogens with zero attached hydrogens (tertiary/aromatic N) is 2. The average Bonchev–Trinajstić information content (AvgIpc) is 2.66. The zero-order chi connectivity index (χ0) is 15.2. The molecular formula is C17H27BrN2O. The predicted molar refractivity (Wildman–Crippen MR) is 91.5 cm³/mol. The van der Waals surface area contributed by atoms with Gasteiger partial charge < -0.3 is 10.0 Å². The van der Waals surface area contributed by atoms with Crippen molar-refractivity contribution in [2.75, 3.05) is 33.2 Å². The molecule has 3 nitrogen and oxygen atoms in total. The van der Waals surface area contributed by atoms with Crippen molar-refractivity contribution in [3.05, 3.63) is 34.3 Å². The molecule has 1 aromatic rings. The van der Waals surface area contributed by atoms with Crippen molar-refractivity contribution in [1.82, 2.24) is 9.80 Å². The van der Waals surface area contributed by atoms with Crippen LogP contribution in [0, 0.1) is 0 Å². The standard InChI is InChI=1S/C17H27BrN2O/c1-3-16-13-19(2)10-4-11-20(16)12-9-17(21)14-5-7-15(18)8-6-14/h5-8,16-17,21H,3-4,9-13H2,1-2H3. The van der Waals surface area contributed by atoms with Crippen molar-refractivity contribution < 1.29 is 5.11 Å². The van der Waals surface area contributed by atoms with Gasteiger partial charge in [0, 0.05) is 23.6 Å². The summed E-state index contributed by atoms with van der Waals surface area (Å²) in [7, 11) is 2.21. The van der Waals surface area contributed by atoms with Crippen LogP contribution in [-0.4, -0.2) is 54.2 Å². The zero-order valence-corrected chi connectivity index (χ0v) is 14.7. The van der Waals surface area contributed by atoms with E-state index in [2.05, 4.69) is 39.7 Å². The van der Waals surface area contributed by atoms with Crippen molar-refractivity contribution >= 4 is 15.9 Å². The lowest BCUT2D eigenvalue weighted by Gasteiger charge is -2.30. The quantitative estimate of drug-likeness (QED) is 0.878. The fourth-order valence-corrected chi connectivity index (χ4v) is 3.38. The summed E-state index contributed by atoms with van der Waals surface area (Å²) in [5, 5.41) is 10.4. The topological polar surface area (TPSA) is 26.7 Å². The van der Waals surface area contributed by atoms with Crippen LogP contribution in [0.3, 0.4) is 0 Å². The van der Waals surface area contributed by atoms with E-state index in [-0.39, 0.29) is 6.10 Å². The van der Waals surface area contributed by atoms with Gasteiger partial charge in [-0.25, -0.2) is 0 Å². The first-order chi connectivity index (χ1) is 10.1. The van der Waals surface area contributed by atoms with Crippen LogP contribution in [0.5, 0.6) is 0 Å². The van der Waals surface area contributed by atoms with Crippen LogP contribution in [0.1, 0.15) is 37.9 Å². The molecule has 1 aromatic carbocycles. The average molecular weight is 355 g/mol. The van der Waals surface area contributed by atoms with Crippen LogP contribution in [0.4, 0.5) is 0 Å². The molecule has 1 N–H and O–H groups in total. The summed E-state index contributed by atoms with van der Waals surface area (Å²) >= 11 is 3.43. The van der Waals surface area contributed by atoms with E-state index in [0.717, 1.165) is 36.1 Å². The highest BCUT2D eigenvalue weighted by Gasteiger charge is 2.22. The van der Waals surface area contributed by atoms with Crippen LogP contribution in [-0.2, 0) is 0 Å². The summed E-state index contributed by atoms with van der Waals surface area (Å²) in [6.45, 7) is 6.72. The Bertz CT molecular complexity index is 423. The van der Waals surface area contributed by atoms with Gasteiger partial charge >= 0.3 is 0 Å². The summed E-state index contributed by atoms with van der Waals surface area (Å²) in [4.78, 5) is 4.99. The van der Waals surface area contributed by atoms with Crippen molar-refractivity contribution in [3.8, 4) is 0 Å². The van der Waals surface area contributed by atoms with Gasteiger partial charge in [-0.05, 0) is 57.1 Å². The molecule has 0 aliphatic carbocycles. The van der Waals surface area contributed by atoms with Crippen molar-refractivity contribution in [2.45, 2.75) is 38.3 Å². The van der Waals surface area contributed by atoms with Crippen LogP contribution in [0.25, 0.3) is 0 Å². The van der Waals surface area contributed by atoms with E-state index in [1.807, 2.05) is 24.3 Å². The van der Waals surface area contributed by atoms with Crippen LogP contribution in [0.2, 0.25) is 0 Å². The Hall–Kier alpha value is -0.420. The minimum Gasteiger partial charge on any atom is -0.388 e. The number of rotatable bonds is 5. The molecule has 0 amide bonds. The van der Waals surface area contributed by atoms with E-state index in [1.54, 1.807) is 0 Å². The molecule has 2 atom stereocenters. The first-order valence-corrected chi connectivity index (χ1v) is 8.75. The Labute approximate surface area is 137 Å². The lowest BCUT2D eigenvalue weighted by molar-refractivity contribution is 0.121. The van der Waals surface area contributed by atoms with E-state index in [9.17, 15) is 5.11 Å². The number of aliphatic hydroxyl groups is 1. The number of likely N-dealkylation sites (N-methyl/N-ethyl adjacent to an activating group) is 1. The van der Waals surface area contributed by atoms with Crippen LogP contribution >= 0.6 is 15.9 Å². The molecule has 1 saturated heterocycles. The highest BCUT2D eigenvalue weighted by atomic mass is 79.9. The van der Waals surface area contributed by atoms with Crippen LogP contribution < -0.4 is 0 Å².